The van der Waals surface area contributed by atoms with Crippen molar-refractivity contribution in [2.45, 2.75) is 52.4 Å². The van der Waals surface area contributed by atoms with E-state index < -0.39 is 0 Å². The van der Waals surface area contributed by atoms with Crippen LogP contribution < -0.4 is 0 Å². The summed E-state index contributed by atoms with van der Waals surface area (Å²) < 4.78 is 0. The Kier molecular flexibility index (Phi) is 3.65. The van der Waals surface area contributed by atoms with Crippen LogP contribution in [0.25, 0.3) is 0 Å². The van der Waals surface area contributed by atoms with Crippen LogP contribution in [0.1, 0.15) is 52.4 Å². The number of Topliss-reactive ketones (excluding diaryl/α,β-unsaturated/α-hetero) is 1. The highest BCUT2D eigenvalue weighted by Gasteiger charge is 2.59. The number of aliphatic hydroxyl groups is 1. The van der Waals surface area contributed by atoms with Gasteiger partial charge in [-0.05, 0) is 73.8 Å². The highest BCUT2D eigenvalue weighted by atomic mass is 16.3. The van der Waals surface area contributed by atoms with Gasteiger partial charge in [-0.25, -0.2) is 0 Å². The van der Waals surface area contributed by atoms with Crippen molar-refractivity contribution in [2.24, 2.45) is 34.5 Å². The van der Waals surface area contributed by atoms with Crippen LogP contribution in [0, 0.1) is 34.5 Å². The minimum absolute atomic E-state index is 0.0250. The summed E-state index contributed by atoms with van der Waals surface area (Å²) >= 11 is 0. The highest BCUT2D eigenvalue weighted by Crippen LogP contribution is 2.65. The highest BCUT2D eigenvalue weighted by molar-refractivity contribution is 6.01. The summed E-state index contributed by atoms with van der Waals surface area (Å²) in [6.45, 7) is 4.30. The standard InChI is InChI=1S/C21H28O3/c1-20-9-7-14(23)11-13(20)3-4-15-16-5-6-18(19(24)12-22)21(16,2)10-8-17(15)20/h7,9,11,15-18,22H,3-6,8,10,12H2,1-2H3. The molecular formula is C21H28O3. The Labute approximate surface area is 144 Å². The van der Waals surface area contributed by atoms with E-state index in [1.165, 1.54) is 5.57 Å². The molecule has 0 amide bonds. The normalized spacial score (nSPS) is 46.8. The molecule has 0 aromatic rings. The van der Waals surface area contributed by atoms with E-state index in [1.54, 1.807) is 6.08 Å². The number of hydrogen-bond acceptors (Lipinski definition) is 3. The Morgan fingerprint density at radius 2 is 2.00 bits per heavy atom. The first-order valence-electron chi connectivity index (χ1n) is 9.48. The van der Waals surface area contributed by atoms with Gasteiger partial charge in [0.05, 0.1) is 0 Å². The third-order valence-electron chi connectivity index (χ3n) is 8.10. The zero-order valence-electron chi connectivity index (χ0n) is 14.8. The van der Waals surface area contributed by atoms with Crippen LogP contribution in [-0.2, 0) is 9.59 Å². The fraction of sp³-hybridized carbons (Fsp3) is 0.714. The van der Waals surface area contributed by atoms with Gasteiger partial charge in [-0.3, -0.25) is 9.59 Å². The molecule has 0 spiro atoms. The van der Waals surface area contributed by atoms with Gasteiger partial charge in [0, 0.05) is 11.3 Å². The van der Waals surface area contributed by atoms with E-state index in [1.807, 2.05) is 6.08 Å². The van der Waals surface area contributed by atoms with Gasteiger partial charge in [-0.1, -0.05) is 25.5 Å². The van der Waals surface area contributed by atoms with Gasteiger partial charge in [-0.15, -0.1) is 0 Å². The van der Waals surface area contributed by atoms with E-state index >= 15 is 0 Å². The van der Waals surface area contributed by atoms with Gasteiger partial charge >= 0.3 is 0 Å². The fourth-order valence-electron chi connectivity index (χ4n) is 6.84. The third-order valence-corrected chi connectivity index (χ3v) is 8.10. The maximum absolute atomic E-state index is 12.3. The Balaban J connectivity index is 1.66. The van der Waals surface area contributed by atoms with Crippen molar-refractivity contribution in [3.8, 4) is 0 Å². The summed E-state index contributed by atoms with van der Waals surface area (Å²) in [6, 6.07) is 0. The maximum atomic E-state index is 12.3. The summed E-state index contributed by atoms with van der Waals surface area (Å²) in [5.74, 6) is 2.03. The van der Waals surface area contributed by atoms with E-state index in [0.717, 1.165) is 38.5 Å². The lowest BCUT2D eigenvalue weighted by Crippen LogP contribution is -2.50. The number of hydrogen-bond donors (Lipinski definition) is 1. The zero-order valence-corrected chi connectivity index (χ0v) is 14.8. The summed E-state index contributed by atoms with van der Waals surface area (Å²) in [4.78, 5) is 24.0. The predicted octanol–water partition coefficient (Wildman–Crippen LogP) is 3.47. The van der Waals surface area contributed by atoms with Crippen molar-refractivity contribution in [3.63, 3.8) is 0 Å². The number of carbonyl (C=O) groups excluding carboxylic acids is 2. The van der Waals surface area contributed by atoms with Gasteiger partial charge in [0.2, 0.25) is 0 Å². The molecule has 3 nitrogen and oxygen atoms in total. The molecule has 0 aromatic carbocycles. The molecule has 4 rings (SSSR count). The summed E-state index contributed by atoms with van der Waals surface area (Å²) in [5.41, 5.74) is 1.41. The monoisotopic (exact) mass is 328 g/mol. The van der Waals surface area contributed by atoms with Gasteiger partial charge in [0.1, 0.15) is 6.61 Å². The average Bonchev–Trinajstić information content (AvgIpc) is 2.92. The Morgan fingerprint density at radius 1 is 1.21 bits per heavy atom. The molecule has 0 saturated heterocycles. The van der Waals surface area contributed by atoms with E-state index in [0.29, 0.717) is 17.8 Å². The molecule has 0 aromatic heterocycles. The molecule has 4 aliphatic carbocycles. The average molecular weight is 328 g/mol. The molecule has 130 valence electrons. The molecule has 24 heavy (non-hydrogen) atoms. The molecule has 0 aliphatic heterocycles. The topological polar surface area (TPSA) is 54.4 Å². The van der Waals surface area contributed by atoms with Crippen molar-refractivity contribution >= 4 is 11.6 Å². The summed E-state index contributed by atoms with van der Waals surface area (Å²) in [6.07, 6.45) is 12.2. The smallest absolute Gasteiger partial charge is 0.178 e. The summed E-state index contributed by atoms with van der Waals surface area (Å²) in [7, 11) is 0. The van der Waals surface area contributed by atoms with Crippen molar-refractivity contribution in [1.82, 2.24) is 0 Å². The van der Waals surface area contributed by atoms with E-state index in [-0.39, 0.29) is 34.9 Å². The maximum Gasteiger partial charge on any atom is 0.178 e. The van der Waals surface area contributed by atoms with E-state index in [4.69, 9.17) is 0 Å². The van der Waals surface area contributed by atoms with Crippen LogP contribution in [-0.4, -0.2) is 23.3 Å². The molecular weight excluding hydrogens is 300 g/mol. The van der Waals surface area contributed by atoms with Crippen molar-refractivity contribution in [3.05, 3.63) is 23.8 Å². The minimum atomic E-state index is -0.309. The summed E-state index contributed by atoms with van der Waals surface area (Å²) in [5, 5.41) is 9.35. The molecule has 3 heteroatoms. The molecule has 4 aliphatic rings. The Hall–Kier alpha value is -1.22. The van der Waals surface area contributed by atoms with E-state index in [9.17, 15) is 14.7 Å². The van der Waals surface area contributed by atoms with Crippen LogP contribution >= 0.6 is 0 Å². The third kappa shape index (κ3) is 2.06. The second-order valence-corrected chi connectivity index (χ2v) is 8.90. The first-order chi connectivity index (χ1) is 11.4. The number of carbonyl (C=O) groups is 2. The van der Waals surface area contributed by atoms with Crippen molar-refractivity contribution < 1.29 is 14.7 Å². The molecule has 3 saturated carbocycles. The largest absolute Gasteiger partial charge is 0.389 e. The fourth-order valence-corrected chi connectivity index (χ4v) is 6.84. The Bertz CT molecular complexity index is 645. The minimum Gasteiger partial charge on any atom is -0.389 e. The van der Waals surface area contributed by atoms with Gasteiger partial charge in [0.25, 0.3) is 0 Å². The molecule has 1 N–H and O–H groups in total. The molecule has 0 heterocycles. The van der Waals surface area contributed by atoms with Gasteiger partial charge < -0.3 is 5.11 Å². The number of allylic oxidation sites excluding steroid dienone is 4. The van der Waals surface area contributed by atoms with Crippen LogP contribution in [0.5, 0.6) is 0 Å². The molecule has 3 fully saturated rings. The van der Waals surface area contributed by atoms with Gasteiger partial charge in [-0.2, -0.15) is 0 Å². The molecule has 6 atom stereocenters. The lowest BCUT2D eigenvalue weighted by Gasteiger charge is -2.56. The first-order valence-corrected chi connectivity index (χ1v) is 9.48. The number of rotatable bonds is 2. The lowest BCUT2D eigenvalue weighted by molar-refractivity contribution is -0.132. The van der Waals surface area contributed by atoms with Crippen LogP contribution in [0.2, 0.25) is 0 Å². The van der Waals surface area contributed by atoms with Gasteiger partial charge in [0.15, 0.2) is 11.6 Å². The Morgan fingerprint density at radius 3 is 2.75 bits per heavy atom. The van der Waals surface area contributed by atoms with Crippen molar-refractivity contribution in [1.29, 1.82) is 0 Å². The second kappa shape index (κ2) is 5.39. The quantitative estimate of drug-likeness (QED) is 0.844. The number of fused-ring (bicyclic) bond motifs is 5. The molecule has 0 bridgehead atoms. The number of ketones is 2. The first kappa shape index (κ1) is 16.3. The number of aliphatic hydroxyl groups excluding tert-OH is 1. The second-order valence-electron chi connectivity index (χ2n) is 8.90. The van der Waals surface area contributed by atoms with E-state index in [2.05, 4.69) is 19.9 Å². The lowest BCUT2D eigenvalue weighted by atomic mass is 9.47. The van der Waals surface area contributed by atoms with Crippen LogP contribution in [0.4, 0.5) is 0 Å². The molecule has 0 radical (unpaired) electrons. The van der Waals surface area contributed by atoms with Crippen LogP contribution in [0.3, 0.4) is 0 Å². The van der Waals surface area contributed by atoms with Crippen LogP contribution in [0.15, 0.2) is 23.8 Å². The molecule has 6 unspecified atom stereocenters. The zero-order chi connectivity index (χ0) is 17.1. The van der Waals surface area contributed by atoms with Crippen molar-refractivity contribution in [2.75, 3.05) is 6.61 Å². The predicted molar refractivity (Wildman–Crippen MR) is 92.2 cm³/mol. The SMILES string of the molecule is CC12C=CC(=O)C=C1CCC1C2CCC2(C)C(C(=O)CO)CCC12.